The van der Waals surface area contributed by atoms with Crippen LogP contribution in [-0.4, -0.2) is 12.7 Å². The SMILES string of the molecule is O=CNc1ccc(-c2ccc(C=O)o2)cc1. The molecule has 0 atom stereocenters. The van der Waals surface area contributed by atoms with Crippen molar-refractivity contribution >= 4 is 18.4 Å². The average molecular weight is 215 g/mol. The molecule has 1 amide bonds. The second-order valence-electron chi connectivity index (χ2n) is 3.16. The van der Waals surface area contributed by atoms with Crippen molar-refractivity contribution in [2.45, 2.75) is 0 Å². The fraction of sp³-hybridized carbons (Fsp3) is 0. The van der Waals surface area contributed by atoms with Gasteiger partial charge in [0.15, 0.2) is 12.0 Å². The van der Waals surface area contributed by atoms with Crippen molar-refractivity contribution in [3.8, 4) is 11.3 Å². The first-order valence-electron chi connectivity index (χ1n) is 4.69. The lowest BCUT2D eigenvalue weighted by Gasteiger charge is -1.99. The summed E-state index contributed by atoms with van der Waals surface area (Å²) < 4.78 is 5.26. The number of nitrogens with one attached hydrogen (secondary N) is 1. The van der Waals surface area contributed by atoms with Gasteiger partial charge in [-0.15, -0.1) is 0 Å². The molecule has 0 unspecified atom stereocenters. The normalized spacial score (nSPS) is 9.75. The van der Waals surface area contributed by atoms with Crippen LogP contribution < -0.4 is 5.32 Å². The molecule has 0 radical (unpaired) electrons. The van der Waals surface area contributed by atoms with Gasteiger partial charge >= 0.3 is 0 Å². The molecule has 0 aliphatic heterocycles. The van der Waals surface area contributed by atoms with Crippen molar-refractivity contribution in [3.05, 3.63) is 42.2 Å². The van der Waals surface area contributed by atoms with Crippen LogP contribution >= 0.6 is 0 Å². The summed E-state index contributed by atoms with van der Waals surface area (Å²) in [5, 5.41) is 2.54. The molecular formula is C12H9NO3. The summed E-state index contributed by atoms with van der Waals surface area (Å²) >= 11 is 0. The van der Waals surface area contributed by atoms with Gasteiger partial charge in [-0.3, -0.25) is 9.59 Å². The molecule has 4 heteroatoms. The largest absolute Gasteiger partial charge is 0.453 e. The number of carbonyl (C=O) groups is 2. The predicted molar refractivity (Wildman–Crippen MR) is 59.2 cm³/mol. The van der Waals surface area contributed by atoms with E-state index in [9.17, 15) is 9.59 Å². The molecule has 0 spiro atoms. The average Bonchev–Trinajstić information content (AvgIpc) is 2.79. The van der Waals surface area contributed by atoms with Gasteiger partial charge in [0.25, 0.3) is 0 Å². The first-order chi connectivity index (χ1) is 7.83. The molecule has 80 valence electrons. The van der Waals surface area contributed by atoms with Gasteiger partial charge in [-0.1, -0.05) is 0 Å². The fourth-order valence-corrected chi connectivity index (χ4v) is 1.37. The lowest BCUT2D eigenvalue weighted by Crippen LogP contribution is -1.92. The minimum absolute atomic E-state index is 0.296. The van der Waals surface area contributed by atoms with E-state index in [2.05, 4.69) is 5.32 Å². The third kappa shape index (κ3) is 2.00. The highest BCUT2D eigenvalue weighted by Gasteiger charge is 2.03. The van der Waals surface area contributed by atoms with E-state index in [-0.39, 0.29) is 0 Å². The zero-order valence-corrected chi connectivity index (χ0v) is 8.34. The van der Waals surface area contributed by atoms with Gasteiger partial charge in [-0.2, -0.15) is 0 Å². The summed E-state index contributed by atoms with van der Waals surface area (Å²) in [7, 11) is 0. The molecule has 1 aromatic carbocycles. The number of anilines is 1. The van der Waals surface area contributed by atoms with Crippen molar-refractivity contribution in [2.75, 3.05) is 5.32 Å². The van der Waals surface area contributed by atoms with E-state index in [4.69, 9.17) is 4.42 Å². The summed E-state index contributed by atoms with van der Waals surface area (Å²) in [6.45, 7) is 0. The maximum absolute atomic E-state index is 10.4. The summed E-state index contributed by atoms with van der Waals surface area (Å²) in [6, 6.07) is 10.5. The van der Waals surface area contributed by atoms with Crippen LogP contribution in [0, 0.1) is 0 Å². The van der Waals surface area contributed by atoms with Crippen LogP contribution in [0.1, 0.15) is 10.6 Å². The van der Waals surface area contributed by atoms with E-state index in [0.29, 0.717) is 29.9 Å². The van der Waals surface area contributed by atoms with Crippen molar-refractivity contribution in [3.63, 3.8) is 0 Å². The molecule has 1 aromatic heterocycles. The Morgan fingerprint density at radius 2 is 1.75 bits per heavy atom. The molecule has 0 bridgehead atoms. The second kappa shape index (κ2) is 4.44. The van der Waals surface area contributed by atoms with E-state index in [1.54, 1.807) is 36.4 Å². The van der Waals surface area contributed by atoms with Gasteiger partial charge in [-0.25, -0.2) is 0 Å². The van der Waals surface area contributed by atoms with Gasteiger partial charge in [-0.05, 0) is 36.4 Å². The number of hydrogen-bond acceptors (Lipinski definition) is 3. The predicted octanol–water partition coefficient (Wildman–Crippen LogP) is 2.33. The van der Waals surface area contributed by atoms with Crippen LogP contribution in [0.4, 0.5) is 5.69 Å². The Bertz CT molecular complexity index is 499. The Kier molecular flexibility index (Phi) is 2.82. The van der Waals surface area contributed by atoms with Crippen LogP contribution in [0.5, 0.6) is 0 Å². The number of hydrogen-bond donors (Lipinski definition) is 1. The van der Waals surface area contributed by atoms with Crippen LogP contribution in [0.2, 0.25) is 0 Å². The number of rotatable bonds is 4. The second-order valence-corrected chi connectivity index (χ2v) is 3.16. The maximum Gasteiger partial charge on any atom is 0.211 e. The van der Waals surface area contributed by atoms with Crippen LogP contribution in [0.3, 0.4) is 0 Å². The molecule has 4 nitrogen and oxygen atoms in total. The van der Waals surface area contributed by atoms with E-state index >= 15 is 0 Å². The Hall–Kier alpha value is -2.36. The van der Waals surface area contributed by atoms with E-state index < -0.39 is 0 Å². The van der Waals surface area contributed by atoms with Crippen molar-refractivity contribution in [2.24, 2.45) is 0 Å². The number of aldehydes is 1. The summed E-state index contributed by atoms with van der Waals surface area (Å²) in [5.41, 5.74) is 1.56. The molecule has 0 aliphatic rings. The standard InChI is InChI=1S/C12H9NO3/c14-7-11-5-6-12(16-11)9-1-3-10(4-2-9)13-8-15/h1-8H,(H,13,15). The third-order valence-electron chi connectivity index (χ3n) is 2.14. The monoisotopic (exact) mass is 215 g/mol. The Labute approximate surface area is 91.9 Å². The molecule has 1 N–H and O–H groups in total. The van der Waals surface area contributed by atoms with Crippen molar-refractivity contribution < 1.29 is 14.0 Å². The van der Waals surface area contributed by atoms with Crippen molar-refractivity contribution in [1.29, 1.82) is 0 Å². The topological polar surface area (TPSA) is 59.3 Å². The molecular weight excluding hydrogens is 206 g/mol. The highest BCUT2D eigenvalue weighted by Crippen LogP contribution is 2.22. The molecule has 16 heavy (non-hydrogen) atoms. The van der Waals surface area contributed by atoms with E-state index in [1.165, 1.54) is 0 Å². The first-order valence-corrected chi connectivity index (χ1v) is 4.69. The summed E-state index contributed by atoms with van der Waals surface area (Å²) in [5.74, 6) is 0.921. The van der Waals surface area contributed by atoms with Crippen LogP contribution in [0.25, 0.3) is 11.3 Å². The first kappa shape index (κ1) is 10.2. The fourth-order valence-electron chi connectivity index (χ4n) is 1.37. The molecule has 0 fully saturated rings. The zero-order chi connectivity index (χ0) is 11.4. The highest BCUT2D eigenvalue weighted by molar-refractivity contribution is 5.75. The molecule has 2 rings (SSSR count). The lowest BCUT2D eigenvalue weighted by atomic mass is 10.1. The van der Waals surface area contributed by atoms with Gasteiger partial charge in [0.05, 0.1) is 0 Å². The van der Waals surface area contributed by atoms with Crippen LogP contribution in [0.15, 0.2) is 40.8 Å². The Morgan fingerprint density at radius 1 is 1.00 bits per heavy atom. The zero-order valence-electron chi connectivity index (χ0n) is 8.34. The molecule has 0 aliphatic carbocycles. The Balaban J connectivity index is 2.26. The molecule has 0 saturated heterocycles. The van der Waals surface area contributed by atoms with Gasteiger partial charge in [0, 0.05) is 11.3 Å². The van der Waals surface area contributed by atoms with Gasteiger partial charge in [0.1, 0.15) is 5.76 Å². The number of furan rings is 1. The third-order valence-corrected chi connectivity index (χ3v) is 2.14. The maximum atomic E-state index is 10.4. The molecule has 1 heterocycles. The lowest BCUT2D eigenvalue weighted by molar-refractivity contribution is -0.105. The number of carbonyl (C=O) groups excluding carboxylic acids is 2. The summed E-state index contributed by atoms with van der Waals surface area (Å²) in [4.78, 5) is 20.7. The molecule has 0 saturated carbocycles. The quantitative estimate of drug-likeness (QED) is 0.796. The van der Waals surface area contributed by atoms with Crippen LogP contribution in [-0.2, 0) is 4.79 Å². The summed E-state index contributed by atoms with van der Waals surface area (Å²) in [6.07, 6.45) is 1.28. The molecule has 2 aromatic rings. The minimum Gasteiger partial charge on any atom is -0.453 e. The number of amides is 1. The van der Waals surface area contributed by atoms with Crippen molar-refractivity contribution in [1.82, 2.24) is 0 Å². The van der Waals surface area contributed by atoms with E-state index in [1.807, 2.05) is 0 Å². The minimum atomic E-state index is 0.296. The van der Waals surface area contributed by atoms with Gasteiger partial charge < -0.3 is 9.73 Å². The Morgan fingerprint density at radius 3 is 2.31 bits per heavy atom. The number of benzene rings is 1. The van der Waals surface area contributed by atoms with E-state index in [0.717, 1.165) is 5.56 Å². The highest BCUT2D eigenvalue weighted by atomic mass is 16.3. The smallest absolute Gasteiger partial charge is 0.211 e. The van der Waals surface area contributed by atoms with Gasteiger partial charge in [0.2, 0.25) is 6.41 Å².